The molecule has 30 heavy (non-hydrogen) atoms. The molecule has 0 aliphatic heterocycles. The van der Waals surface area contributed by atoms with Crippen molar-refractivity contribution in [3.05, 3.63) is 52.7 Å². The molecule has 158 valence electrons. The molecule has 1 aliphatic carbocycles. The lowest BCUT2D eigenvalue weighted by Gasteiger charge is -2.18. The fourth-order valence-electron chi connectivity index (χ4n) is 4.54. The van der Waals surface area contributed by atoms with Crippen molar-refractivity contribution in [2.24, 2.45) is 5.92 Å². The Morgan fingerprint density at radius 1 is 1.20 bits per heavy atom. The third-order valence-corrected chi connectivity index (χ3v) is 6.15. The van der Waals surface area contributed by atoms with E-state index in [4.69, 9.17) is 4.74 Å². The van der Waals surface area contributed by atoms with Gasteiger partial charge in [-0.1, -0.05) is 25.7 Å². The molecule has 4 N–H and O–H groups in total. The molecule has 0 radical (unpaired) electrons. The summed E-state index contributed by atoms with van der Waals surface area (Å²) >= 11 is 0. The molecule has 1 fully saturated rings. The minimum absolute atomic E-state index is 0.0634. The van der Waals surface area contributed by atoms with Crippen molar-refractivity contribution < 1.29 is 24.9 Å². The largest absolute Gasteiger partial charge is 0.508 e. The number of nitrogens with one attached hydrogen (secondary N) is 1. The Morgan fingerprint density at radius 2 is 1.93 bits per heavy atom. The van der Waals surface area contributed by atoms with E-state index >= 15 is 0 Å². The predicted octanol–water partition coefficient (Wildman–Crippen LogP) is 5.59. The first-order chi connectivity index (χ1) is 14.3. The molecular formula is C24H27NO5. The number of phenols is 1. The Kier molecular flexibility index (Phi) is 5.43. The lowest BCUT2D eigenvalue weighted by Crippen LogP contribution is -2.05. The van der Waals surface area contributed by atoms with Crippen LogP contribution < -0.4 is 4.74 Å². The summed E-state index contributed by atoms with van der Waals surface area (Å²) in [6.07, 6.45) is 4.57. The number of ether oxygens (including phenoxy) is 1. The number of aromatic amines is 1. The van der Waals surface area contributed by atoms with E-state index in [1.54, 1.807) is 24.3 Å². The number of aromatic hydroxyl groups is 1. The predicted molar refractivity (Wildman–Crippen MR) is 114 cm³/mol. The highest BCUT2D eigenvalue weighted by Crippen LogP contribution is 2.39. The first-order valence-electron chi connectivity index (χ1n) is 10.4. The third-order valence-electron chi connectivity index (χ3n) is 6.15. The Labute approximate surface area is 175 Å². The monoisotopic (exact) mass is 409 g/mol. The molecule has 1 saturated carbocycles. The van der Waals surface area contributed by atoms with Crippen LogP contribution in [0.25, 0.3) is 10.9 Å². The number of H-pyrrole nitrogens is 1. The van der Waals surface area contributed by atoms with Crippen LogP contribution in [-0.4, -0.2) is 26.3 Å². The van der Waals surface area contributed by atoms with Crippen molar-refractivity contribution in [3.63, 3.8) is 0 Å². The zero-order valence-electron chi connectivity index (χ0n) is 17.2. The molecule has 4 rings (SSSR count). The molecule has 0 bridgehead atoms. The van der Waals surface area contributed by atoms with Gasteiger partial charge in [0.25, 0.3) is 0 Å². The van der Waals surface area contributed by atoms with E-state index in [1.165, 1.54) is 12.8 Å². The molecule has 6 nitrogen and oxygen atoms in total. The minimum atomic E-state index is -1.01. The van der Waals surface area contributed by atoms with Crippen molar-refractivity contribution >= 4 is 16.9 Å². The lowest BCUT2D eigenvalue weighted by molar-refractivity contribution is 0.0691. The number of aliphatic hydroxyl groups is 1. The van der Waals surface area contributed by atoms with Gasteiger partial charge in [0.05, 0.1) is 6.10 Å². The molecule has 0 amide bonds. The number of benzene rings is 2. The van der Waals surface area contributed by atoms with Gasteiger partial charge in [0, 0.05) is 22.0 Å². The standard InChI is InChI=1S/C24H27NO5/c1-13-9-19-17(12-20(25-19)24(28)29)14(2)23(13)30-16-7-8-21(26)18(11-16)22(27)10-15-5-3-4-6-15/h7-9,11-12,15,22,25-27H,3-6,10H2,1-2H3,(H,28,29). The van der Waals surface area contributed by atoms with Crippen molar-refractivity contribution in [1.29, 1.82) is 0 Å². The van der Waals surface area contributed by atoms with Gasteiger partial charge in [0.2, 0.25) is 0 Å². The molecular weight excluding hydrogens is 382 g/mol. The van der Waals surface area contributed by atoms with Gasteiger partial charge in [-0.2, -0.15) is 0 Å². The Balaban J connectivity index is 1.64. The molecule has 6 heteroatoms. The van der Waals surface area contributed by atoms with Gasteiger partial charge in [-0.05, 0) is 62.1 Å². The zero-order chi connectivity index (χ0) is 21.4. The number of aryl methyl sites for hydroxylation is 2. The summed E-state index contributed by atoms with van der Waals surface area (Å²) in [5, 5.41) is 31.0. The fourth-order valence-corrected chi connectivity index (χ4v) is 4.54. The second-order valence-corrected chi connectivity index (χ2v) is 8.32. The smallest absolute Gasteiger partial charge is 0.352 e. The normalized spacial score (nSPS) is 15.6. The number of fused-ring (bicyclic) bond motifs is 1. The molecule has 1 aromatic heterocycles. The maximum absolute atomic E-state index is 11.3. The molecule has 1 heterocycles. The number of carbonyl (C=O) groups is 1. The van der Waals surface area contributed by atoms with Crippen LogP contribution in [0.1, 0.15) is 65.4 Å². The van der Waals surface area contributed by atoms with Crippen LogP contribution >= 0.6 is 0 Å². The summed E-state index contributed by atoms with van der Waals surface area (Å²) < 4.78 is 6.15. The molecule has 1 aliphatic rings. The molecule has 0 saturated heterocycles. The van der Waals surface area contributed by atoms with E-state index < -0.39 is 12.1 Å². The second kappa shape index (κ2) is 8.03. The number of hydrogen-bond acceptors (Lipinski definition) is 4. The van der Waals surface area contributed by atoms with E-state index in [1.807, 2.05) is 19.9 Å². The molecule has 1 atom stereocenters. The number of phenolic OH excluding ortho intramolecular Hbond substituents is 1. The highest BCUT2D eigenvalue weighted by Gasteiger charge is 2.22. The number of carboxylic acids is 1. The molecule has 1 unspecified atom stereocenters. The third kappa shape index (κ3) is 3.87. The Morgan fingerprint density at radius 3 is 2.63 bits per heavy atom. The van der Waals surface area contributed by atoms with Crippen molar-refractivity contribution in [2.45, 2.75) is 52.1 Å². The maximum atomic E-state index is 11.3. The van der Waals surface area contributed by atoms with Gasteiger partial charge < -0.3 is 25.0 Å². The first-order valence-corrected chi connectivity index (χ1v) is 10.4. The van der Waals surface area contributed by atoms with Crippen LogP contribution in [0.15, 0.2) is 30.3 Å². The van der Waals surface area contributed by atoms with Crippen LogP contribution in [-0.2, 0) is 0 Å². The lowest BCUT2D eigenvalue weighted by atomic mass is 9.95. The SMILES string of the molecule is Cc1cc2[nH]c(C(=O)O)cc2c(C)c1Oc1ccc(O)c(C(O)CC2CCCC2)c1. The summed E-state index contributed by atoms with van der Waals surface area (Å²) in [4.78, 5) is 14.2. The average Bonchev–Trinajstić information content (AvgIpc) is 3.36. The topological polar surface area (TPSA) is 103 Å². The quantitative estimate of drug-likeness (QED) is 0.425. The summed E-state index contributed by atoms with van der Waals surface area (Å²) in [6, 6.07) is 8.37. The number of aliphatic hydroxyl groups excluding tert-OH is 1. The number of rotatable bonds is 6. The number of carboxylic acid groups (broad SMARTS) is 1. The molecule has 2 aromatic carbocycles. The van der Waals surface area contributed by atoms with E-state index in [9.17, 15) is 20.1 Å². The van der Waals surface area contributed by atoms with Gasteiger partial charge in [0.15, 0.2) is 0 Å². The van der Waals surface area contributed by atoms with Crippen molar-refractivity contribution in [3.8, 4) is 17.2 Å². The highest BCUT2D eigenvalue weighted by atomic mass is 16.5. The highest BCUT2D eigenvalue weighted by molar-refractivity contribution is 5.96. The summed E-state index contributed by atoms with van der Waals surface area (Å²) in [7, 11) is 0. The van der Waals surface area contributed by atoms with Crippen molar-refractivity contribution in [1.82, 2.24) is 4.98 Å². The summed E-state index contributed by atoms with van der Waals surface area (Å²) in [5.74, 6) is 0.708. The Hall–Kier alpha value is -2.99. The first kappa shape index (κ1) is 20.3. The molecule has 3 aromatic rings. The summed E-state index contributed by atoms with van der Waals surface area (Å²) in [6.45, 7) is 3.79. The van der Waals surface area contributed by atoms with Crippen LogP contribution in [0.3, 0.4) is 0 Å². The van der Waals surface area contributed by atoms with Crippen LogP contribution in [0.5, 0.6) is 17.2 Å². The number of aromatic carboxylic acids is 1. The number of hydrogen-bond donors (Lipinski definition) is 4. The van der Waals surface area contributed by atoms with E-state index in [-0.39, 0.29) is 11.4 Å². The van der Waals surface area contributed by atoms with Gasteiger partial charge in [-0.15, -0.1) is 0 Å². The van der Waals surface area contributed by atoms with Crippen LogP contribution in [0.2, 0.25) is 0 Å². The van der Waals surface area contributed by atoms with E-state index in [2.05, 4.69) is 4.98 Å². The Bertz CT molecular complexity index is 1090. The second-order valence-electron chi connectivity index (χ2n) is 8.32. The average molecular weight is 409 g/mol. The number of aromatic nitrogens is 1. The van der Waals surface area contributed by atoms with Crippen LogP contribution in [0, 0.1) is 19.8 Å². The maximum Gasteiger partial charge on any atom is 0.352 e. The molecule has 0 spiro atoms. The van der Waals surface area contributed by atoms with Gasteiger partial charge in [-0.3, -0.25) is 0 Å². The summed E-state index contributed by atoms with van der Waals surface area (Å²) in [5.41, 5.74) is 3.04. The fraction of sp³-hybridized carbons (Fsp3) is 0.375. The van der Waals surface area contributed by atoms with Gasteiger partial charge in [0.1, 0.15) is 22.9 Å². The van der Waals surface area contributed by atoms with E-state index in [0.29, 0.717) is 29.4 Å². The van der Waals surface area contributed by atoms with Crippen LogP contribution in [0.4, 0.5) is 0 Å². The van der Waals surface area contributed by atoms with E-state index in [0.717, 1.165) is 34.9 Å². The van der Waals surface area contributed by atoms with Gasteiger partial charge in [-0.25, -0.2) is 4.79 Å². The van der Waals surface area contributed by atoms with Gasteiger partial charge >= 0.3 is 5.97 Å². The van der Waals surface area contributed by atoms with Crippen molar-refractivity contribution in [2.75, 3.05) is 0 Å². The minimum Gasteiger partial charge on any atom is -0.508 e. The zero-order valence-corrected chi connectivity index (χ0v) is 17.2.